The van der Waals surface area contributed by atoms with E-state index in [9.17, 15) is 14.0 Å². The highest BCUT2D eigenvalue weighted by atomic mass is 19.1. The van der Waals surface area contributed by atoms with Crippen LogP contribution in [-0.4, -0.2) is 29.9 Å². The van der Waals surface area contributed by atoms with E-state index in [-0.39, 0.29) is 18.0 Å². The highest BCUT2D eigenvalue weighted by molar-refractivity contribution is 5.96. The number of hydrogen-bond donors (Lipinski definition) is 2. The van der Waals surface area contributed by atoms with Crippen LogP contribution in [0.5, 0.6) is 0 Å². The number of aromatic nitrogens is 1. The Balaban J connectivity index is 1.70. The average Bonchev–Trinajstić information content (AvgIpc) is 2.53. The Kier molecular flexibility index (Phi) is 5.59. The summed E-state index contributed by atoms with van der Waals surface area (Å²) in [7, 11) is 0. The number of nitrogens with zero attached hydrogens (tertiary/aromatic N) is 1. The van der Waals surface area contributed by atoms with Crippen LogP contribution < -0.4 is 10.6 Å². The Morgan fingerprint density at radius 1 is 1.14 bits per heavy atom. The van der Waals surface area contributed by atoms with Gasteiger partial charge in [0.05, 0.1) is 6.54 Å². The van der Waals surface area contributed by atoms with Crippen LogP contribution >= 0.6 is 0 Å². The lowest BCUT2D eigenvalue weighted by Crippen LogP contribution is -2.37. The second-order valence-electron chi connectivity index (χ2n) is 4.65. The monoisotopic (exact) mass is 301 g/mol. The molecule has 22 heavy (non-hydrogen) atoms. The molecule has 0 fully saturated rings. The third kappa shape index (κ3) is 4.97. The zero-order chi connectivity index (χ0) is 15.8. The summed E-state index contributed by atoms with van der Waals surface area (Å²) in [5.41, 5.74) is 1.20. The molecule has 1 aromatic carbocycles. The van der Waals surface area contributed by atoms with E-state index in [0.29, 0.717) is 13.0 Å². The molecule has 2 N–H and O–H groups in total. The van der Waals surface area contributed by atoms with Gasteiger partial charge in [-0.1, -0.05) is 12.1 Å². The van der Waals surface area contributed by atoms with Crippen LogP contribution in [-0.2, 0) is 11.2 Å². The molecule has 2 amide bonds. The molecule has 0 aliphatic rings. The summed E-state index contributed by atoms with van der Waals surface area (Å²) in [6.07, 6.45) is 4.08. The summed E-state index contributed by atoms with van der Waals surface area (Å²) in [6, 6.07) is 9.05. The van der Waals surface area contributed by atoms with Crippen LogP contribution in [0.25, 0.3) is 0 Å². The summed E-state index contributed by atoms with van der Waals surface area (Å²) < 4.78 is 13.0. The first-order chi connectivity index (χ1) is 10.6. The molecule has 0 aliphatic carbocycles. The minimum absolute atomic E-state index is 0.150. The van der Waals surface area contributed by atoms with Crippen LogP contribution in [0.15, 0.2) is 48.8 Å². The molecule has 0 spiro atoms. The topological polar surface area (TPSA) is 71.1 Å². The summed E-state index contributed by atoms with van der Waals surface area (Å²) in [4.78, 5) is 27.3. The zero-order valence-corrected chi connectivity index (χ0v) is 11.9. The molecule has 0 bridgehead atoms. The molecular weight excluding hydrogens is 285 g/mol. The lowest BCUT2D eigenvalue weighted by atomic mass is 10.2. The molecule has 2 aromatic rings. The fourth-order valence-corrected chi connectivity index (χ4v) is 1.85. The number of pyridine rings is 1. The van der Waals surface area contributed by atoms with Gasteiger partial charge in [0, 0.05) is 24.5 Å². The van der Waals surface area contributed by atoms with Crippen molar-refractivity contribution in [2.45, 2.75) is 6.42 Å². The number of rotatable bonds is 6. The third-order valence-electron chi connectivity index (χ3n) is 2.95. The minimum atomic E-state index is -0.492. The van der Waals surface area contributed by atoms with Crippen molar-refractivity contribution < 1.29 is 14.0 Å². The van der Waals surface area contributed by atoms with E-state index in [1.165, 1.54) is 18.2 Å². The number of halogens is 1. The van der Waals surface area contributed by atoms with Gasteiger partial charge in [-0.3, -0.25) is 14.6 Å². The minimum Gasteiger partial charge on any atom is -0.354 e. The number of carbonyl (C=O) groups is 2. The Morgan fingerprint density at radius 2 is 2.00 bits per heavy atom. The van der Waals surface area contributed by atoms with E-state index in [4.69, 9.17) is 0 Å². The van der Waals surface area contributed by atoms with Gasteiger partial charge in [-0.25, -0.2) is 4.39 Å². The van der Waals surface area contributed by atoms with Gasteiger partial charge in [0.2, 0.25) is 5.91 Å². The highest BCUT2D eigenvalue weighted by Gasteiger charge is 2.08. The van der Waals surface area contributed by atoms with E-state index >= 15 is 0 Å². The summed E-state index contributed by atoms with van der Waals surface area (Å²) >= 11 is 0. The van der Waals surface area contributed by atoms with Gasteiger partial charge in [-0.15, -0.1) is 0 Å². The lowest BCUT2D eigenvalue weighted by Gasteiger charge is -2.07. The predicted octanol–water partition coefficient (Wildman–Crippen LogP) is 1.31. The number of benzene rings is 1. The van der Waals surface area contributed by atoms with E-state index < -0.39 is 11.7 Å². The van der Waals surface area contributed by atoms with Crippen LogP contribution in [0.3, 0.4) is 0 Å². The Bertz CT molecular complexity index is 647. The van der Waals surface area contributed by atoms with Crippen LogP contribution in [0.2, 0.25) is 0 Å². The summed E-state index contributed by atoms with van der Waals surface area (Å²) in [5.74, 6) is -1.27. The first kappa shape index (κ1) is 15.6. The molecule has 0 aliphatic heterocycles. The second kappa shape index (κ2) is 7.87. The maximum Gasteiger partial charge on any atom is 0.251 e. The van der Waals surface area contributed by atoms with Gasteiger partial charge < -0.3 is 10.6 Å². The van der Waals surface area contributed by atoms with E-state index in [1.807, 2.05) is 12.1 Å². The molecule has 0 radical (unpaired) electrons. The summed E-state index contributed by atoms with van der Waals surface area (Å²) in [5, 5.41) is 5.14. The largest absolute Gasteiger partial charge is 0.354 e. The molecule has 0 saturated heterocycles. The molecule has 1 aromatic heterocycles. The predicted molar refractivity (Wildman–Crippen MR) is 79.7 cm³/mol. The molecule has 0 unspecified atom stereocenters. The van der Waals surface area contributed by atoms with Crippen molar-refractivity contribution in [2.24, 2.45) is 0 Å². The smallest absolute Gasteiger partial charge is 0.251 e. The van der Waals surface area contributed by atoms with Gasteiger partial charge >= 0.3 is 0 Å². The first-order valence-corrected chi connectivity index (χ1v) is 6.84. The maximum absolute atomic E-state index is 13.0. The lowest BCUT2D eigenvalue weighted by molar-refractivity contribution is -0.120. The van der Waals surface area contributed by atoms with Gasteiger partial charge in [0.25, 0.3) is 5.91 Å². The molecule has 0 saturated carbocycles. The van der Waals surface area contributed by atoms with Crippen molar-refractivity contribution in [3.8, 4) is 0 Å². The van der Waals surface area contributed by atoms with Crippen LogP contribution in [0, 0.1) is 5.82 Å². The SMILES string of the molecule is O=C(CNC(=O)c1cccc(F)c1)NCCc1cccnc1. The van der Waals surface area contributed by atoms with Crippen LogP contribution in [0.1, 0.15) is 15.9 Å². The molecule has 1 heterocycles. The van der Waals surface area contributed by atoms with Crippen molar-refractivity contribution >= 4 is 11.8 Å². The number of carbonyl (C=O) groups excluding carboxylic acids is 2. The molecule has 2 rings (SSSR count). The molecule has 5 nitrogen and oxygen atoms in total. The van der Waals surface area contributed by atoms with Crippen molar-refractivity contribution in [2.75, 3.05) is 13.1 Å². The molecule has 0 atom stereocenters. The number of hydrogen-bond acceptors (Lipinski definition) is 3. The second-order valence-corrected chi connectivity index (χ2v) is 4.65. The van der Waals surface area contributed by atoms with Gasteiger partial charge in [0.15, 0.2) is 0 Å². The fraction of sp³-hybridized carbons (Fsp3) is 0.188. The van der Waals surface area contributed by atoms with Gasteiger partial charge in [-0.2, -0.15) is 0 Å². The maximum atomic E-state index is 13.0. The Labute approximate surface area is 127 Å². The van der Waals surface area contributed by atoms with E-state index in [0.717, 1.165) is 11.6 Å². The normalized spacial score (nSPS) is 10.0. The van der Waals surface area contributed by atoms with Gasteiger partial charge in [0.1, 0.15) is 5.82 Å². The summed E-state index contributed by atoms with van der Waals surface area (Å²) in [6.45, 7) is 0.308. The third-order valence-corrected chi connectivity index (χ3v) is 2.95. The molecule has 6 heteroatoms. The highest BCUT2D eigenvalue weighted by Crippen LogP contribution is 2.02. The fourth-order valence-electron chi connectivity index (χ4n) is 1.85. The number of nitrogens with one attached hydrogen (secondary N) is 2. The Morgan fingerprint density at radius 3 is 2.73 bits per heavy atom. The average molecular weight is 301 g/mol. The molecule has 114 valence electrons. The standard InChI is InChI=1S/C16H16FN3O2/c17-14-5-1-4-13(9-14)16(22)20-11-15(21)19-8-6-12-3-2-7-18-10-12/h1-5,7,9-10H,6,8,11H2,(H,19,21)(H,20,22). The molecular formula is C16H16FN3O2. The Hall–Kier alpha value is -2.76. The quantitative estimate of drug-likeness (QED) is 0.845. The van der Waals surface area contributed by atoms with E-state index in [1.54, 1.807) is 12.4 Å². The van der Waals surface area contributed by atoms with Crippen LogP contribution in [0.4, 0.5) is 4.39 Å². The van der Waals surface area contributed by atoms with Crippen molar-refractivity contribution in [1.82, 2.24) is 15.6 Å². The van der Waals surface area contributed by atoms with Gasteiger partial charge in [-0.05, 0) is 36.2 Å². The van der Waals surface area contributed by atoms with Crippen molar-refractivity contribution in [3.05, 3.63) is 65.7 Å². The van der Waals surface area contributed by atoms with E-state index in [2.05, 4.69) is 15.6 Å². The zero-order valence-electron chi connectivity index (χ0n) is 11.9. The number of amides is 2. The first-order valence-electron chi connectivity index (χ1n) is 6.84. The van der Waals surface area contributed by atoms with Crippen molar-refractivity contribution in [3.63, 3.8) is 0 Å². The van der Waals surface area contributed by atoms with Crippen molar-refractivity contribution in [1.29, 1.82) is 0 Å².